The highest BCUT2D eigenvalue weighted by Crippen LogP contribution is 2.40. The van der Waals surface area contributed by atoms with Gasteiger partial charge in [0.15, 0.2) is 0 Å². The number of anilines is 6. The lowest BCUT2D eigenvalue weighted by atomic mass is 9.86. The highest BCUT2D eigenvalue weighted by Gasteiger charge is 2.20. The van der Waals surface area contributed by atoms with E-state index in [9.17, 15) is 0 Å². The lowest BCUT2D eigenvalue weighted by Gasteiger charge is -2.28. The Balaban J connectivity index is 1.16. The van der Waals surface area contributed by atoms with E-state index in [4.69, 9.17) is 0 Å². The molecule has 0 saturated carbocycles. The molecule has 0 atom stereocenters. The molecule has 0 saturated heterocycles. The summed E-state index contributed by atoms with van der Waals surface area (Å²) in [5, 5.41) is 2.46. The van der Waals surface area contributed by atoms with E-state index in [0.29, 0.717) is 0 Å². The molecule has 7 aromatic rings. The second kappa shape index (κ2) is 15.3. The van der Waals surface area contributed by atoms with Crippen molar-refractivity contribution in [3.8, 4) is 0 Å². The smallest absolute Gasteiger partial charge is 0.0540 e. The predicted octanol–water partition coefficient (Wildman–Crippen LogP) is 15.8. The number of hydrogen-bond donors (Lipinski definition) is 0. The van der Waals surface area contributed by atoms with Gasteiger partial charge in [-0.05, 0) is 116 Å². The van der Waals surface area contributed by atoms with Crippen molar-refractivity contribution in [2.24, 2.45) is 0 Å². The summed E-state index contributed by atoms with van der Waals surface area (Å²) in [5.74, 6) is 0. The van der Waals surface area contributed by atoms with Crippen LogP contribution >= 0.6 is 0 Å². The number of hydrogen-bond acceptors (Lipinski definition) is 2. The van der Waals surface area contributed by atoms with Crippen molar-refractivity contribution < 1.29 is 0 Å². The molecule has 0 bridgehead atoms. The number of rotatable bonds is 8. The summed E-state index contributed by atoms with van der Waals surface area (Å²) in [5.41, 5.74) is 13.4. The van der Waals surface area contributed by atoms with Crippen molar-refractivity contribution in [3.05, 3.63) is 192 Å². The summed E-state index contributed by atoms with van der Waals surface area (Å²) in [6.07, 6.45) is 4.40. The van der Waals surface area contributed by atoms with Gasteiger partial charge in [-0.2, -0.15) is 0 Å². The van der Waals surface area contributed by atoms with Crippen LogP contribution in [0.5, 0.6) is 0 Å². The predicted molar refractivity (Wildman–Crippen MR) is 245 cm³/mol. The van der Waals surface area contributed by atoms with E-state index in [0.717, 1.165) is 39.6 Å². The van der Waals surface area contributed by atoms with Crippen molar-refractivity contribution in [1.29, 1.82) is 0 Å². The lowest BCUT2D eigenvalue weighted by molar-refractivity contribution is 0.590. The van der Waals surface area contributed by atoms with Crippen LogP contribution in [0.25, 0.3) is 22.9 Å². The summed E-state index contributed by atoms with van der Waals surface area (Å²) < 4.78 is 0. The molecular weight excluding hydrogens is 677 g/mol. The van der Waals surface area contributed by atoms with Gasteiger partial charge < -0.3 is 9.80 Å². The molecule has 0 aliphatic rings. The van der Waals surface area contributed by atoms with E-state index >= 15 is 0 Å². The van der Waals surface area contributed by atoms with Crippen LogP contribution in [0, 0.1) is 0 Å². The van der Waals surface area contributed by atoms with Crippen LogP contribution in [0.15, 0.2) is 164 Å². The van der Waals surface area contributed by atoms with E-state index < -0.39 is 0 Å². The van der Waals surface area contributed by atoms with Gasteiger partial charge in [-0.1, -0.05) is 172 Å². The average Bonchev–Trinajstić information content (AvgIpc) is 3.18. The molecule has 0 amide bonds. The minimum absolute atomic E-state index is 0.0905. The average molecular weight is 733 g/mol. The molecule has 0 fully saturated rings. The fraction of sp³-hybridized carbons (Fsp3) is 0.222. The largest absolute Gasteiger partial charge is 0.311 e. The third kappa shape index (κ3) is 8.51. The van der Waals surface area contributed by atoms with Gasteiger partial charge in [-0.3, -0.25) is 0 Å². The first kappa shape index (κ1) is 38.4. The van der Waals surface area contributed by atoms with Crippen molar-refractivity contribution in [3.63, 3.8) is 0 Å². The van der Waals surface area contributed by atoms with Crippen LogP contribution < -0.4 is 9.80 Å². The summed E-state index contributed by atoms with van der Waals surface area (Å²) in [4.78, 5) is 4.73. The molecule has 0 unspecified atom stereocenters. The Labute approximate surface area is 335 Å². The van der Waals surface area contributed by atoms with Crippen molar-refractivity contribution in [2.45, 2.75) is 78.6 Å². The van der Waals surface area contributed by atoms with Crippen LogP contribution in [0.2, 0.25) is 0 Å². The van der Waals surface area contributed by atoms with E-state index in [1.54, 1.807) is 0 Å². The minimum atomic E-state index is 0.0905. The SMILES string of the molecule is CC(C)(C)c1ccc(N(c2ccc(/C=C/c3ccc(N(c4ccc(C(C)(C)C)cc4)c4cccc5ccccc45)cc3)cc2)c2ccc(C(C)(C)C)cc2)cc1. The Hall–Kier alpha value is -5.86. The molecule has 7 aromatic carbocycles. The Morgan fingerprint density at radius 3 is 1.02 bits per heavy atom. The van der Waals surface area contributed by atoms with Crippen LogP contribution in [0.3, 0.4) is 0 Å². The summed E-state index contributed by atoms with van der Waals surface area (Å²) in [6, 6.07) is 60.0. The first-order chi connectivity index (χ1) is 26.6. The number of benzene rings is 7. The molecule has 0 spiro atoms. The molecular formula is C54H56N2. The third-order valence-corrected chi connectivity index (χ3v) is 10.8. The molecule has 282 valence electrons. The normalized spacial score (nSPS) is 12.3. The maximum absolute atomic E-state index is 2.38. The van der Waals surface area contributed by atoms with Gasteiger partial charge in [0.1, 0.15) is 0 Å². The van der Waals surface area contributed by atoms with Gasteiger partial charge >= 0.3 is 0 Å². The van der Waals surface area contributed by atoms with Crippen molar-refractivity contribution >= 4 is 57.0 Å². The van der Waals surface area contributed by atoms with E-state index in [1.165, 1.54) is 33.2 Å². The second-order valence-corrected chi connectivity index (χ2v) is 18.1. The topological polar surface area (TPSA) is 6.48 Å². The minimum Gasteiger partial charge on any atom is -0.311 e. The van der Waals surface area contributed by atoms with E-state index in [-0.39, 0.29) is 16.2 Å². The lowest BCUT2D eigenvalue weighted by Crippen LogP contribution is -2.14. The monoisotopic (exact) mass is 732 g/mol. The quantitative estimate of drug-likeness (QED) is 0.144. The fourth-order valence-corrected chi connectivity index (χ4v) is 7.27. The van der Waals surface area contributed by atoms with Gasteiger partial charge in [0.2, 0.25) is 0 Å². The van der Waals surface area contributed by atoms with Crippen LogP contribution in [-0.4, -0.2) is 0 Å². The van der Waals surface area contributed by atoms with Crippen molar-refractivity contribution in [2.75, 3.05) is 9.80 Å². The Kier molecular flexibility index (Phi) is 10.5. The zero-order valence-corrected chi connectivity index (χ0v) is 34.6. The second-order valence-electron chi connectivity index (χ2n) is 18.1. The Morgan fingerprint density at radius 2 is 0.643 bits per heavy atom. The van der Waals surface area contributed by atoms with Gasteiger partial charge in [-0.15, -0.1) is 0 Å². The highest BCUT2D eigenvalue weighted by atomic mass is 15.1. The van der Waals surface area contributed by atoms with Gasteiger partial charge in [0.25, 0.3) is 0 Å². The van der Waals surface area contributed by atoms with E-state index in [2.05, 4.69) is 248 Å². The Morgan fingerprint density at radius 1 is 0.321 bits per heavy atom. The maximum atomic E-state index is 2.38. The molecule has 0 radical (unpaired) electrons. The fourth-order valence-electron chi connectivity index (χ4n) is 7.27. The molecule has 0 aliphatic heterocycles. The number of nitrogens with zero attached hydrogens (tertiary/aromatic N) is 2. The first-order valence-corrected chi connectivity index (χ1v) is 19.9. The molecule has 0 heterocycles. The summed E-state index contributed by atoms with van der Waals surface area (Å²) >= 11 is 0. The van der Waals surface area contributed by atoms with Gasteiger partial charge in [0.05, 0.1) is 5.69 Å². The number of fused-ring (bicyclic) bond motifs is 1. The standard InChI is InChI=1S/C54H56N2/c1-52(2,3)42-23-33-46(34-24-42)55(47-35-25-43(26-36-47)53(4,5)6)45-29-19-39(20-30-45)17-18-40-21-31-48(32-22-40)56(49-37-27-44(28-38-49)54(7,8)9)51-16-12-14-41-13-10-11-15-50(41)51/h10-38H,1-9H3/b18-17+. The molecule has 0 N–H and O–H groups in total. The maximum Gasteiger partial charge on any atom is 0.0540 e. The van der Waals surface area contributed by atoms with Crippen LogP contribution in [0.4, 0.5) is 34.1 Å². The summed E-state index contributed by atoms with van der Waals surface area (Å²) in [6.45, 7) is 20.4. The zero-order chi connectivity index (χ0) is 39.7. The van der Waals surface area contributed by atoms with Crippen molar-refractivity contribution in [1.82, 2.24) is 0 Å². The third-order valence-electron chi connectivity index (χ3n) is 10.8. The first-order valence-electron chi connectivity index (χ1n) is 19.9. The highest BCUT2D eigenvalue weighted by molar-refractivity contribution is 5.99. The van der Waals surface area contributed by atoms with Gasteiger partial charge in [0, 0.05) is 33.8 Å². The molecule has 0 aliphatic carbocycles. The van der Waals surface area contributed by atoms with Crippen LogP contribution in [0.1, 0.15) is 90.1 Å². The molecule has 56 heavy (non-hydrogen) atoms. The van der Waals surface area contributed by atoms with Gasteiger partial charge in [-0.25, -0.2) is 0 Å². The zero-order valence-electron chi connectivity index (χ0n) is 34.6. The molecule has 7 rings (SSSR count). The summed E-state index contributed by atoms with van der Waals surface area (Å²) in [7, 11) is 0. The Bertz CT molecular complexity index is 2350. The molecule has 2 heteroatoms. The van der Waals surface area contributed by atoms with E-state index in [1.807, 2.05) is 0 Å². The molecule has 0 aromatic heterocycles. The molecule has 2 nitrogen and oxygen atoms in total. The van der Waals surface area contributed by atoms with Crippen LogP contribution in [-0.2, 0) is 16.2 Å².